The van der Waals surface area contributed by atoms with Gasteiger partial charge in [0.15, 0.2) is 6.61 Å². The third kappa shape index (κ3) is 3.61. The van der Waals surface area contributed by atoms with Gasteiger partial charge in [-0.25, -0.2) is 0 Å². The Morgan fingerprint density at radius 2 is 2.00 bits per heavy atom. The minimum absolute atomic E-state index is 0.797. The van der Waals surface area contributed by atoms with Crippen LogP contribution in [0.5, 0.6) is 0 Å². The summed E-state index contributed by atoms with van der Waals surface area (Å²) < 4.78 is 28.9. The minimum atomic E-state index is -3.67. The fourth-order valence-corrected chi connectivity index (χ4v) is 0.566. The lowest BCUT2D eigenvalue weighted by atomic mass is 10.2. The van der Waals surface area contributed by atoms with E-state index in [-0.39, 0.29) is 0 Å². The van der Waals surface area contributed by atoms with E-state index in [0.29, 0.717) is 0 Å². The molecule has 0 bridgehead atoms. The van der Waals surface area contributed by atoms with Gasteiger partial charge in [0.05, 0.1) is 5.88 Å². The number of halogens is 3. The van der Waals surface area contributed by atoms with Gasteiger partial charge in [-0.2, -0.15) is 8.78 Å². The number of carbonyl (C=O) groups excluding carboxylic acids is 2. The summed E-state index contributed by atoms with van der Waals surface area (Å²) in [7, 11) is 0. The molecule has 0 heterocycles. The molecule has 0 rings (SSSR count). The standard InChI is InChI=1S/C6H7ClF2O3/c1-4(10)12-3-6(8,9)5(11)2-7/h2-3H2,1H3. The number of esters is 1. The number of Topliss-reactive ketones (excluding diaryl/α,β-unsaturated/α-hetero) is 1. The number of rotatable bonds is 4. The van der Waals surface area contributed by atoms with E-state index in [1.54, 1.807) is 0 Å². The van der Waals surface area contributed by atoms with Gasteiger partial charge in [-0.3, -0.25) is 9.59 Å². The number of hydrogen-bond acceptors (Lipinski definition) is 3. The van der Waals surface area contributed by atoms with Gasteiger partial charge in [-0.1, -0.05) is 0 Å². The van der Waals surface area contributed by atoms with Crippen LogP contribution in [-0.4, -0.2) is 30.2 Å². The first-order chi connectivity index (χ1) is 5.40. The molecule has 0 saturated carbocycles. The van der Waals surface area contributed by atoms with E-state index in [4.69, 9.17) is 11.6 Å². The highest BCUT2D eigenvalue weighted by atomic mass is 35.5. The van der Waals surface area contributed by atoms with Crippen molar-refractivity contribution in [1.82, 2.24) is 0 Å². The van der Waals surface area contributed by atoms with Crippen molar-refractivity contribution in [3.8, 4) is 0 Å². The Morgan fingerprint density at radius 1 is 1.50 bits per heavy atom. The SMILES string of the molecule is CC(=O)OCC(F)(F)C(=O)CCl. The van der Waals surface area contributed by atoms with Gasteiger partial charge in [0.1, 0.15) is 0 Å². The van der Waals surface area contributed by atoms with Crippen LogP contribution in [0.3, 0.4) is 0 Å². The average Bonchev–Trinajstić information content (AvgIpc) is 1.99. The van der Waals surface area contributed by atoms with Gasteiger partial charge in [0.25, 0.3) is 0 Å². The zero-order valence-corrected chi connectivity index (χ0v) is 7.03. The Morgan fingerprint density at radius 3 is 2.33 bits per heavy atom. The molecule has 0 atom stereocenters. The van der Waals surface area contributed by atoms with Crippen molar-refractivity contribution < 1.29 is 23.1 Å². The third-order valence-electron chi connectivity index (χ3n) is 0.986. The quantitative estimate of drug-likeness (QED) is 0.502. The van der Waals surface area contributed by atoms with Gasteiger partial charge in [-0.05, 0) is 0 Å². The normalized spacial score (nSPS) is 11.0. The molecule has 0 aromatic heterocycles. The number of alkyl halides is 3. The predicted octanol–water partition coefficient (Wildman–Crippen LogP) is 0.993. The predicted molar refractivity (Wildman–Crippen MR) is 37.3 cm³/mol. The third-order valence-corrected chi connectivity index (χ3v) is 1.23. The second kappa shape index (κ2) is 4.35. The maximum Gasteiger partial charge on any atom is 0.339 e. The fraction of sp³-hybridized carbons (Fsp3) is 0.667. The summed E-state index contributed by atoms with van der Waals surface area (Å²) in [5, 5.41) is 0. The molecule has 0 radical (unpaired) electrons. The van der Waals surface area contributed by atoms with Gasteiger partial charge in [0.2, 0.25) is 5.78 Å². The first kappa shape index (κ1) is 11.3. The molecule has 0 aromatic rings. The maximum absolute atomic E-state index is 12.5. The first-order valence-electron chi connectivity index (χ1n) is 3.00. The molecule has 0 aliphatic carbocycles. The van der Waals surface area contributed by atoms with E-state index in [1.807, 2.05) is 0 Å². The molecule has 0 aliphatic rings. The van der Waals surface area contributed by atoms with Crippen molar-refractivity contribution in [3.63, 3.8) is 0 Å². The van der Waals surface area contributed by atoms with Crippen molar-refractivity contribution in [2.24, 2.45) is 0 Å². The number of ether oxygens (including phenoxy) is 1. The molecule has 0 aromatic carbocycles. The van der Waals surface area contributed by atoms with Crippen molar-refractivity contribution in [2.45, 2.75) is 12.8 Å². The molecule has 0 saturated heterocycles. The van der Waals surface area contributed by atoms with E-state index < -0.39 is 30.2 Å². The zero-order chi connectivity index (χ0) is 9.78. The van der Waals surface area contributed by atoms with Crippen LogP contribution in [0.1, 0.15) is 6.92 Å². The van der Waals surface area contributed by atoms with Crippen molar-refractivity contribution >= 4 is 23.4 Å². The van der Waals surface area contributed by atoms with Crippen molar-refractivity contribution in [3.05, 3.63) is 0 Å². The Labute approximate surface area is 72.6 Å². The topological polar surface area (TPSA) is 43.4 Å². The van der Waals surface area contributed by atoms with E-state index in [0.717, 1.165) is 6.92 Å². The second-order valence-corrected chi connectivity index (χ2v) is 2.31. The summed E-state index contributed by atoms with van der Waals surface area (Å²) >= 11 is 4.88. The summed E-state index contributed by atoms with van der Waals surface area (Å²) in [5.74, 6) is -6.79. The van der Waals surface area contributed by atoms with Crippen LogP contribution in [0.2, 0.25) is 0 Å². The highest BCUT2D eigenvalue weighted by molar-refractivity contribution is 6.28. The summed E-state index contributed by atoms with van der Waals surface area (Å²) in [6.07, 6.45) is 0. The van der Waals surface area contributed by atoms with Crippen LogP contribution >= 0.6 is 11.6 Å². The first-order valence-corrected chi connectivity index (χ1v) is 3.54. The number of ketones is 1. The molecule has 3 nitrogen and oxygen atoms in total. The second-order valence-electron chi connectivity index (χ2n) is 2.04. The highest BCUT2D eigenvalue weighted by Gasteiger charge is 2.38. The van der Waals surface area contributed by atoms with Crippen LogP contribution in [0.4, 0.5) is 8.78 Å². The minimum Gasteiger partial charge on any atom is -0.459 e. The molecule has 0 spiro atoms. The average molecular weight is 201 g/mol. The van der Waals surface area contributed by atoms with E-state index in [2.05, 4.69) is 4.74 Å². The molecule has 6 heteroatoms. The Kier molecular flexibility index (Phi) is 4.09. The van der Waals surface area contributed by atoms with Gasteiger partial charge in [-0.15, -0.1) is 11.6 Å². The smallest absolute Gasteiger partial charge is 0.339 e. The zero-order valence-electron chi connectivity index (χ0n) is 6.27. The van der Waals surface area contributed by atoms with Gasteiger partial charge < -0.3 is 4.74 Å². The Balaban J connectivity index is 4.03. The van der Waals surface area contributed by atoms with E-state index >= 15 is 0 Å². The van der Waals surface area contributed by atoms with Crippen LogP contribution < -0.4 is 0 Å². The lowest BCUT2D eigenvalue weighted by Gasteiger charge is -2.12. The molecule has 12 heavy (non-hydrogen) atoms. The molecule has 0 fully saturated rings. The van der Waals surface area contributed by atoms with Gasteiger partial charge in [0, 0.05) is 6.92 Å². The monoisotopic (exact) mass is 200 g/mol. The Bertz CT molecular complexity index is 193. The molecule has 70 valence electrons. The molecule has 0 unspecified atom stereocenters. The van der Waals surface area contributed by atoms with Crippen molar-refractivity contribution in [1.29, 1.82) is 0 Å². The number of carbonyl (C=O) groups is 2. The van der Waals surface area contributed by atoms with E-state index in [9.17, 15) is 18.4 Å². The maximum atomic E-state index is 12.5. The lowest BCUT2D eigenvalue weighted by molar-refractivity contribution is -0.160. The fourth-order valence-electron chi connectivity index (χ4n) is 0.371. The molecular weight excluding hydrogens is 194 g/mol. The summed E-state index contributed by atoms with van der Waals surface area (Å²) in [6, 6.07) is 0. The van der Waals surface area contributed by atoms with Crippen LogP contribution in [-0.2, 0) is 14.3 Å². The largest absolute Gasteiger partial charge is 0.459 e. The van der Waals surface area contributed by atoms with E-state index in [1.165, 1.54) is 0 Å². The molecule has 0 N–H and O–H groups in total. The molecule has 0 aliphatic heterocycles. The van der Waals surface area contributed by atoms with Crippen LogP contribution in [0.15, 0.2) is 0 Å². The van der Waals surface area contributed by atoms with Crippen LogP contribution in [0, 0.1) is 0 Å². The molecular formula is C6H7ClF2O3. The van der Waals surface area contributed by atoms with Crippen LogP contribution in [0.25, 0.3) is 0 Å². The summed E-state index contributed by atoms with van der Waals surface area (Å²) in [5.41, 5.74) is 0. The Hall–Kier alpha value is -0.710. The number of hydrogen-bond donors (Lipinski definition) is 0. The summed E-state index contributed by atoms with van der Waals surface area (Å²) in [6.45, 7) is -0.269. The molecule has 0 amide bonds. The highest BCUT2D eigenvalue weighted by Crippen LogP contribution is 2.15. The summed E-state index contributed by atoms with van der Waals surface area (Å²) in [4.78, 5) is 20.5. The lowest BCUT2D eigenvalue weighted by Crippen LogP contribution is -2.35. The van der Waals surface area contributed by atoms with Crippen molar-refractivity contribution in [2.75, 3.05) is 12.5 Å². The van der Waals surface area contributed by atoms with Gasteiger partial charge >= 0.3 is 11.9 Å².